The molecule has 0 saturated heterocycles. The Morgan fingerprint density at radius 1 is 1.07 bits per heavy atom. The molecule has 0 aliphatic heterocycles. The number of methoxy groups -OCH3 is 1. The van der Waals surface area contributed by atoms with Crippen molar-refractivity contribution >= 4 is 28.8 Å². The first kappa shape index (κ1) is 18.6. The SMILES string of the molecule is COc1ccc2cc(CN(C)Cn3nc4nc(C)cc(C)n4c3=S)ccc2c1. The van der Waals surface area contributed by atoms with Crippen LogP contribution in [0.25, 0.3) is 16.6 Å². The van der Waals surface area contributed by atoms with Crippen LogP contribution in [0, 0.1) is 18.6 Å². The van der Waals surface area contributed by atoms with Crippen LogP contribution >= 0.6 is 12.2 Å². The van der Waals surface area contributed by atoms with Gasteiger partial charge in [0.2, 0.25) is 4.77 Å². The van der Waals surface area contributed by atoms with Crippen molar-refractivity contribution in [3.8, 4) is 5.75 Å². The summed E-state index contributed by atoms with van der Waals surface area (Å²) in [5.41, 5.74) is 3.23. The van der Waals surface area contributed by atoms with Crippen LogP contribution in [0.2, 0.25) is 0 Å². The fourth-order valence-corrected chi connectivity index (χ4v) is 3.84. The number of aromatic nitrogens is 4. The van der Waals surface area contributed by atoms with E-state index in [9.17, 15) is 0 Å². The van der Waals surface area contributed by atoms with Crippen molar-refractivity contribution in [3.63, 3.8) is 0 Å². The van der Waals surface area contributed by atoms with Gasteiger partial charge in [0.1, 0.15) is 5.75 Å². The van der Waals surface area contributed by atoms with Crippen LogP contribution in [-0.4, -0.2) is 38.2 Å². The first-order valence-electron chi connectivity index (χ1n) is 9.13. The molecule has 0 atom stereocenters. The maximum absolute atomic E-state index is 5.61. The van der Waals surface area contributed by atoms with Crippen molar-refractivity contribution in [2.75, 3.05) is 14.2 Å². The fraction of sp³-hybridized carbons (Fsp3) is 0.286. The quantitative estimate of drug-likeness (QED) is 0.477. The minimum atomic E-state index is 0.599. The number of fused-ring (bicyclic) bond motifs is 2. The third-order valence-corrected chi connectivity index (χ3v) is 5.20. The second-order valence-electron chi connectivity index (χ2n) is 7.16. The Labute approximate surface area is 169 Å². The third kappa shape index (κ3) is 3.50. The molecule has 0 bridgehead atoms. The van der Waals surface area contributed by atoms with Gasteiger partial charge in [-0.25, -0.2) is 9.67 Å². The fourth-order valence-electron chi connectivity index (χ4n) is 3.52. The number of ether oxygens (including phenoxy) is 1. The molecule has 2 aromatic carbocycles. The Morgan fingerprint density at radius 2 is 1.82 bits per heavy atom. The van der Waals surface area contributed by atoms with Gasteiger partial charge in [0.25, 0.3) is 5.78 Å². The molecule has 144 valence electrons. The summed E-state index contributed by atoms with van der Waals surface area (Å²) in [7, 11) is 3.75. The van der Waals surface area contributed by atoms with Gasteiger partial charge in [-0.2, -0.15) is 0 Å². The molecule has 2 heterocycles. The number of aryl methyl sites for hydroxylation is 2. The van der Waals surface area contributed by atoms with Crippen molar-refractivity contribution < 1.29 is 4.74 Å². The van der Waals surface area contributed by atoms with E-state index in [4.69, 9.17) is 17.0 Å². The maximum atomic E-state index is 5.61. The molecule has 0 radical (unpaired) electrons. The normalized spacial score (nSPS) is 11.6. The lowest BCUT2D eigenvalue weighted by Crippen LogP contribution is -2.22. The van der Waals surface area contributed by atoms with Crippen molar-refractivity contribution in [1.82, 2.24) is 24.1 Å². The Kier molecular flexibility index (Phi) is 4.87. The molecule has 2 aromatic heterocycles. The highest BCUT2D eigenvalue weighted by molar-refractivity contribution is 7.71. The van der Waals surface area contributed by atoms with Gasteiger partial charge in [0, 0.05) is 17.9 Å². The molecule has 0 N–H and O–H groups in total. The highest BCUT2D eigenvalue weighted by Crippen LogP contribution is 2.22. The van der Waals surface area contributed by atoms with Gasteiger partial charge in [0.15, 0.2) is 0 Å². The van der Waals surface area contributed by atoms with E-state index in [1.807, 2.05) is 35.1 Å². The molecule has 0 spiro atoms. The van der Waals surface area contributed by atoms with Crippen molar-refractivity contribution in [3.05, 3.63) is 64.2 Å². The molecule has 0 saturated carbocycles. The highest BCUT2D eigenvalue weighted by atomic mass is 32.1. The number of nitrogens with zero attached hydrogens (tertiary/aromatic N) is 5. The molecule has 28 heavy (non-hydrogen) atoms. The Morgan fingerprint density at radius 3 is 2.61 bits per heavy atom. The van der Waals surface area contributed by atoms with E-state index in [1.165, 1.54) is 16.3 Å². The predicted octanol–water partition coefficient (Wildman–Crippen LogP) is 4.13. The lowest BCUT2D eigenvalue weighted by Gasteiger charge is -2.16. The zero-order valence-corrected chi connectivity index (χ0v) is 17.3. The van der Waals surface area contributed by atoms with Gasteiger partial charge < -0.3 is 4.74 Å². The smallest absolute Gasteiger partial charge is 0.254 e. The summed E-state index contributed by atoms with van der Waals surface area (Å²) in [6.45, 7) is 5.39. The second-order valence-corrected chi connectivity index (χ2v) is 7.52. The monoisotopic (exact) mass is 393 g/mol. The standard InChI is InChI=1S/C21H23N5OS/c1-14-9-15(2)26-20(22-14)23-25(21(26)28)13-24(3)12-16-5-6-18-11-19(27-4)8-7-17(18)10-16/h5-11H,12-13H2,1-4H3. The van der Waals surface area contributed by atoms with Crippen molar-refractivity contribution in [2.24, 2.45) is 0 Å². The molecule has 0 fully saturated rings. The summed E-state index contributed by atoms with van der Waals surface area (Å²) < 4.78 is 9.71. The lowest BCUT2D eigenvalue weighted by atomic mass is 10.1. The Balaban J connectivity index is 1.56. The van der Waals surface area contributed by atoms with Crippen LogP contribution in [0.3, 0.4) is 0 Å². The molecule has 0 unspecified atom stereocenters. The minimum Gasteiger partial charge on any atom is -0.497 e. The molecular weight excluding hydrogens is 370 g/mol. The third-order valence-electron chi connectivity index (χ3n) is 4.81. The molecule has 0 aliphatic rings. The molecule has 7 heteroatoms. The number of hydrogen-bond donors (Lipinski definition) is 0. The van der Waals surface area contributed by atoms with E-state index in [0.717, 1.165) is 23.7 Å². The van der Waals surface area contributed by atoms with Crippen LogP contribution in [0.4, 0.5) is 0 Å². The topological polar surface area (TPSA) is 47.6 Å². The summed E-state index contributed by atoms with van der Waals surface area (Å²) in [4.78, 5) is 6.68. The van der Waals surface area contributed by atoms with Crippen LogP contribution in [0.1, 0.15) is 17.0 Å². The summed E-state index contributed by atoms with van der Waals surface area (Å²) in [6, 6.07) is 14.6. The van der Waals surface area contributed by atoms with E-state index in [-0.39, 0.29) is 0 Å². The van der Waals surface area contributed by atoms with Crippen molar-refractivity contribution in [2.45, 2.75) is 27.1 Å². The van der Waals surface area contributed by atoms with E-state index in [0.29, 0.717) is 17.2 Å². The highest BCUT2D eigenvalue weighted by Gasteiger charge is 2.10. The number of benzene rings is 2. The van der Waals surface area contributed by atoms with Gasteiger partial charge in [-0.1, -0.05) is 18.2 Å². The summed E-state index contributed by atoms with van der Waals surface area (Å²) in [5, 5.41) is 6.97. The average Bonchev–Trinajstić information content (AvgIpc) is 2.96. The molecule has 0 aliphatic carbocycles. The van der Waals surface area contributed by atoms with Crippen LogP contribution < -0.4 is 4.74 Å². The summed E-state index contributed by atoms with van der Waals surface area (Å²) in [5.74, 6) is 1.52. The number of hydrogen-bond acceptors (Lipinski definition) is 5. The molecular formula is C21H23N5OS. The lowest BCUT2D eigenvalue weighted by molar-refractivity contribution is 0.244. The molecule has 0 amide bonds. The van der Waals surface area contributed by atoms with Crippen molar-refractivity contribution in [1.29, 1.82) is 0 Å². The summed E-state index contributed by atoms with van der Waals surface area (Å²) in [6.07, 6.45) is 0. The Bertz CT molecular complexity index is 1230. The second kappa shape index (κ2) is 7.33. The Hall–Kier alpha value is -2.77. The predicted molar refractivity (Wildman–Crippen MR) is 113 cm³/mol. The molecule has 4 aromatic rings. The summed E-state index contributed by atoms with van der Waals surface area (Å²) >= 11 is 5.61. The van der Waals surface area contributed by atoms with Crippen LogP contribution in [0.15, 0.2) is 42.5 Å². The first-order valence-corrected chi connectivity index (χ1v) is 9.54. The largest absolute Gasteiger partial charge is 0.497 e. The van der Waals surface area contributed by atoms with Gasteiger partial charge >= 0.3 is 0 Å². The van der Waals surface area contributed by atoms with Gasteiger partial charge in [-0.05, 0) is 73.7 Å². The molecule has 4 rings (SSSR count). The van der Waals surface area contributed by atoms with Crippen LogP contribution in [-0.2, 0) is 13.2 Å². The van der Waals surface area contributed by atoms with Gasteiger partial charge in [-0.15, -0.1) is 5.10 Å². The zero-order valence-electron chi connectivity index (χ0n) is 16.5. The average molecular weight is 394 g/mol. The van der Waals surface area contributed by atoms with E-state index < -0.39 is 0 Å². The molecule has 6 nitrogen and oxygen atoms in total. The van der Waals surface area contributed by atoms with E-state index >= 15 is 0 Å². The first-order chi connectivity index (χ1) is 13.4. The maximum Gasteiger partial charge on any atom is 0.254 e. The van der Waals surface area contributed by atoms with E-state index in [2.05, 4.69) is 52.4 Å². The van der Waals surface area contributed by atoms with Gasteiger partial charge in [-0.3, -0.25) is 9.30 Å². The zero-order chi connectivity index (χ0) is 19.8. The van der Waals surface area contributed by atoms with E-state index in [1.54, 1.807) is 7.11 Å². The number of rotatable bonds is 5. The van der Waals surface area contributed by atoms with Crippen LogP contribution in [0.5, 0.6) is 5.75 Å². The van der Waals surface area contributed by atoms with Gasteiger partial charge in [0.05, 0.1) is 13.8 Å². The minimum absolute atomic E-state index is 0.599.